The summed E-state index contributed by atoms with van der Waals surface area (Å²) in [6.07, 6.45) is -6.17. The van der Waals surface area contributed by atoms with Gasteiger partial charge in [-0.25, -0.2) is 0 Å². The van der Waals surface area contributed by atoms with Crippen LogP contribution in [0.4, 0.5) is 13.2 Å². The Morgan fingerprint density at radius 2 is 2.00 bits per heavy atom. The number of rotatable bonds is 2. The normalized spacial score (nSPS) is 26.7. The Morgan fingerprint density at radius 3 is 2.57 bits per heavy atom. The summed E-state index contributed by atoms with van der Waals surface area (Å²) in [4.78, 5) is 24.5. The van der Waals surface area contributed by atoms with Crippen LogP contribution in [0.25, 0.3) is 0 Å². The number of carboxylic acid groups (broad SMARTS) is 1. The van der Waals surface area contributed by atoms with Crippen LogP contribution >= 0.6 is 0 Å². The van der Waals surface area contributed by atoms with Gasteiger partial charge < -0.3 is 14.7 Å². The molecule has 0 bridgehead atoms. The molecule has 23 heavy (non-hydrogen) atoms. The molecule has 2 atom stereocenters. The van der Waals surface area contributed by atoms with E-state index >= 15 is 0 Å². The zero-order valence-electron chi connectivity index (χ0n) is 12.0. The summed E-state index contributed by atoms with van der Waals surface area (Å²) < 4.78 is 44.9. The number of hydrogen-bond donors (Lipinski definition) is 1. The van der Waals surface area contributed by atoms with Crippen LogP contribution in [-0.2, 0) is 16.0 Å². The molecule has 124 valence electrons. The summed E-state index contributed by atoms with van der Waals surface area (Å²) in [5.74, 6) is -2.02. The SMILES string of the molecule is O=C(C1Cc2ccccc2O1)N1CCC(C(=O)O)(C(F)(F)F)C1. The van der Waals surface area contributed by atoms with Crippen molar-refractivity contribution in [1.29, 1.82) is 0 Å². The van der Waals surface area contributed by atoms with Gasteiger partial charge in [0.05, 0.1) is 0 Å². The number of ether oxygens (including phenoxy) is 1. The van der Waals surface area contributed by atoms with Crippen LogP contribution in [-0.4, -0.2) is 47.3 Å². The molecular weight excluding hydrogens is 315 g/mol. The molecule has 2 heterocycles. The molecule has 5 nitrogen and oxygen atoms in total. The largest absolute Gasteiger partial charge is 0.481 e. The first kappa shape index (κ1) is 15.6. The van der Waals surface area contributed by atoms with Gasteiger partial charge in [-0.1, -0.05) is 18.2 Å². The molecule has 8 heteroatoms. The Hall–Kier alpha value is -2.25. The Bertz CT molecular complexity index is 635. The Kier molecular flexibility index (Phi) is 3.50. The third-order valence-electron chi connectivity index (χ3n) is 4.46. The molecule has 1 saturated heterocycles. The van der Waals surface area contributed by atoms with E-state index in [0.29, 0.717) is 5.75 Å². The average molecular weight is 329 g/mol. The van der Waals surface area contributed by atoms with E-state index in [1.165, 1.54) is 0 Å². The van der Waals surface area contributed by atoms with Crippen molar-refractivity contribution in [3.05, 3.63) is 29.8 Å². The van der Waals surface area contributed by atoms with Crippen molar-refractivity contribution in [3.8, 4) is 5.75 Å². The first-order valence-corrected chi connectivity index (χ1v) is 7.08. The highest BCUT2D eigenvalue weighted by Crippen LogP contribution is 2.46. The average Bonchev–Trinajstić information content (AvgIpc) is 3.10. The summed E-state index contributed by atoms with van der Waals surface area (Å²) in [6.45, 7) is -1.12. The van der Waals surface area contributed by atoms with E-state index in [2.05, 4.69) is 0 Å². The van der Waals surface area contributed by atoms with Crippen molar-refractivity contribution in [2.75, 3.05) is 13.1 Å². The lowest BCUT2D eigenvalue weighted by Gasteiger charge is -2.27. The topological polar surface area (TPSA) is 66.8 Å². The van der Waals surface area contributed by atoms with E-state index in [4.69, 9.17) is 9.84 Å². The minimum Gasteiger partial charge on any atom is -0.481 e. The Balaban J connectivity index is 1.75. The zero-order chi connectivity index (χ0) is 16.8. The van der Waals surface area contributed by atoms with Gasteiger partial charge in [0, 0.05) is 19.5 Å². The smallest absolute Gasteiger partial charge is 0.406 e. The summed E-state index contributed by atoms with van der Waals surface area (Å²) in [5.41, 5.74) is -2.08. The van der Waals surface area contributed by atoms with Gasteiger partial charge in [-0.15, -0.1) is 0 Å². The van der Waals surface area contributed by atoms with E-state index in [9.17, 15) is 22.8 Å². The molecule has 0 radical (unpaired) electrons. The van der Waals surface area contributed by atoms with Crippen molar-refractivity contribution in [2.24, 2.45) is 5.41 Å². The molecule has 1 aromatic rings. The van der Waals surface area contributed by atoms with E-state index < -0.39 is 42.5 Å². The summed E-state index contributed by atoms with van der Waals surface area (Å²) in [7, 11) is 0. The molecule has 0 saturated carbocycles. The van der Waals surface area contributed by atoms with Gasteiger partial charge in [0.2, 0.25) is 0 Å². The fraction of sp³-hybridized carbons (Fsp3) is 0.467. The maximum absolute atomic E-state index is 13.1. The number of alkyl halides is 3. The second-order valence-corrected chi connectivity index (χ2v) is 5.81. The number of nitrogens with zero attached hydrogens (tertiary/aromatic N) is 1. The van der Waals surface area contributed by atoms with E-state index in [0.717, 1.165) is 10.5 Å². The molecule has 0 aliphatic carbocycles. The van der Waals surface area contributed by atoms with Crippen molar-refractivity contribution in [3.63, 3.8) is 0 Å². The number of likely N-dealkylation sites (tertiary alicyclic amines) is 1. The second-order valence-electron chi connectivity index (χ2n) is 5.81. The molecule has 0 spiro atoms. The Labute approximate surface area is 129 Å². The van der Waals surface area contributed by atoms with Crippen LogP contribution in [0.15, 0.2) is 24.3 Å². The van der Waals surface area contributed by atoms with E-state index in [1.807, 2.05) is 0 Å². The Morgan fingerprint density at radius 1 is 1.30 bits per heavy atom. The van der Waals surface area contributed by atoms with Gasteiger partial charge >= 0.3 is 12.1 Å². The van der Waals surface area contributed by atoms with Gasteiger partial charge in [-0.2, -0.15) is 13.2 Å². The van der Waals surface area contributed by atoms with Crippen molar-refractivity contribution < 1.29 is 32.6 Å². The van der Waals surface area contributed by atoms with Crippen LogP contribution in [0.3, 0.4) is 0 Å². The maximum atomic E-state index is 13.1. The first-order chi connectivity index (χ1) is 10.7. The van der Waals surface area contributed by atoms with Crippen LogP contribution in [0.1, 0.15) is 12.0 Å². The highest BCUT2D eigenvalue weighted by molar-refractivity contribution is 5.85. The number of halogens is 3. The van der Waals surface area contributed by atoms with Crippen LogP contribution in [0.5, 0.6) is 5.75 Å². The summed E-state index contributed by atoms with van der Waals surface area (Å²) in [5, 5.41) is 9.02. The van der Waals surface area contributed by atoms with E-state index in [1.54, 1.807) is 24.3 Å². The summed E-state index contributed by atoms with van der Waals surface area (Å²) >= 11 is 0. The number of amides is 1. The molecule has 1 N–H and O–H groups in total. The number of carbonyl (C=O) groups is 2. The fourth-order valence-electron chi connectivity index (χ4n) is 3.05. The molecular formula is C15H14F3NO4. The van der Waals surface area contributed by atoms with Crippen LogP contribution in [0, 0.1) is 5.41 Å². The van der Waals surface area contributed by atoms with Crippen LogP contribution < -0.4 is 4.74 Å². The standard InChI is InChI=1S/C15H14F3NO4/c16-15(17,18)14(13(21)22)5-6-19(8-14)12(20)11-7-9-3-1-2-4-10(9)23-11/h1-4,11H,5-8H2,(H,21,22). The summed E-state index contributed by atoms with van der Waals surface area (Å²) in [6, 6.07) is 6.98. The first-order valence-electron chi connectivity index (χ1n) is 7.08. The van der Waals surface area contributed by atoms with E-state index in [-0.39, 0.29) is 13.0 Å². The lowest BCUT2D eigenvalue weighted by molar-refractivity contribution is -0.227. The lowest BCUT2D eigenvalue weighted by atomic mass is 9.86. The lowest BCUT2D eigenvalue weighted by Crippen LogP contribution is -2.49. The van der Waals surface area contributed by atoms with Crippen molar-refractivity contribution in [1.82, 2.24) is 4.90 Å². The number of para-hydroxylation sites is 1. The number of carboxylic acids is 1. The molecule has 2 aliphatic heterocycles. The zero-order valence-corrected chi connectivity index (χ0v) is 12.0. The predicted octanol–water partition coefficient (Wildman–Crippen LogP) is 1.86. The van der Waals surface area contributed by atoms with Gasteiger partial charge in [0.25, 0.3) is 5.91 Å². The van der Waals surface area contributed by atoms with Gasteiger partial charge in [0.15, 0.2) is 11.5 Å². The van der Waals surface area contributed by atoms with Gasteiger partial charge in [-0.05, 0) is 18.1 Å². The highest BCUT2D eigenvalue weighted by atomic mass is 19.4. The number of hydrogen-bond acceptors (Lipinski definition) is 3. The number of aliphatic carboxylic acids is 1. The van der Waals surface area contributed by atoms with Crippen molar-refractivity contribution >= 4 is 11.9 Å². The minimum absolute atomic E-state index is 0.249. The van der Waals surface area contributed by atoms with Crippen LogP contribution in [0.2, 0.25) is 0 Å². The molecule has 3 rings (SSSR count). The van der Waals surface area contributed by atoms with Gasteiger partial charge in [0.1, 0.15) is 5.75 Å². The quantitative estimate of drug-likeness (QED) is 0.899. The highest BCUT2D eigenvalue weighted by Gasteiger charge is 2.64. The predicted molar refractivity (Wildman–Crippen MR) is 71.9 cm³/mol. The monoisotopic (exact) mass is 329 g/mol. The molecule has 1 fully saturated rings. The third-order valence-corrected chi connectivity index (χ3v) is 4.46. The van der Waals surface area contributed by atoms with Crippen molar-refractivity contribution in [2.45, 2.75) is 25.1 Å². The third kappa shape index (κ3) is 2.42. The minimum atomic E-state index is -4.91. The molecule has 2 aliphatic rings. The molecule has 2 unspecified atom stereocenters. The number of benzene rings is 1. The molecule has 1 aromatic carbocycles. The molecule has 1 amide bonds. The van der Waals surface area contributed by atoms with Gasteiger partial charge in [-0.3, -0.25) is 9.59 Å². The number of carbonyl (C=O) groups excluding carboxylic acids is 1. The molecule has 0 aromatic heterocycles. The second kappa shape index (κ2) is 5.14. The maximum Gasteiger partial charge on any atom is 0.406 e. The fourth-order valence-corrected chi connectivity index (χ4v) is 3.05. The number of fused-ring (bicyclic) bond motifs is 1.